The molecule has 0 saturated heterocycles. The zero-order chi connectivity index (χ0) is 19.7. The second kappa shape index (κ2) is 7.80. The molecule has 0 aliphatic heterocycles. The summed E-state index contributed by atoms with van der Waals surface area (Å²) in [5.74, 6) is 0.0988. The van der Waals surface area contributed by atoms with Crippen LogP contribution in [0.3, 0.4) is 0 Å². The Morgan fingerprint density at radius 3 is 2.96 bits per heavy atom. The number of amides is 2. The molecule has 4 N–H and O–H groups in total. The molecule has 1 aliphatic rings. The number of hydrogen-bond acceptors (Lipinski definition) is 3. The molecule has 2 aromatic heterocycles. The maximum atomic E-state index is 12.5. The van der Waals surface area contributed by atoms with Crippen molar-refractivity contribution in [2.75, 3.05) is 5.32 Å². The van der Waals surface area contributed by atoms with Gasteiger partial charge in [0.2, 0.25) is 5.91 Å². The lowest BCUT2D eigenvalue weighted by Gasteiger charge is -2.18. The number of rotatable bonds is 6. The topological polar surface area (TPSA) is 88.0 Å². The largest absolute Gasteiger partial charge is 0.365 e. The molecule has 2 heterocycles. The highest BCUT2D eigenvalue weighted by Crippen LogP contribution is 2.39. The van der Waals surface area contributed by atoms with Crippen LogP contribution in [0.4, 0.5) is 5.00 Å². The van der Waals surface area contributed by atoms with Gasteiger partial charge in [0.15, 0.2) is 0 Å². The third-order valence-corrected chi connectivity index (χ3v) is 6.71. The second-order valence-electron chi connectivity index (χ2n) is 7.68. The van der Waals surface area contributed by atoms with E-state index in [1.807, 2.05) is 18.3 Å². The van der Waals surface area contributed by atoms with E-state index in [0.29, 0.717) is 22.9 Å². The van der Waals surface area contributed by atoms with Gasteiger partial charge in [0.25, 0.3) is 5.91 Å². The van der Waals surface area contributed by atoms with Crippen LogP contribution in [-0.2, 0) is 24.1 Å². The molecule has 1 aliphatic carbocycles. The van der Waals surface area contributed by atoms with Gasteiger partial charge in [-0.05, 0) is 55.2 Å². The van der Waals surface area contributed by atoms with Gasteiger partial charge in [0, 0.05) is 28.4 Å². The summed E-state index contributed by atoms with van der Waals surface area (Å²) in [6, 6.07) is 8.18. The molecular formula is C22H25N3O2S. The highest BCUT2D eigenvalue weighted by molar-refractivity contribution is 7.17. The Morgan fingerprint density at radius 2 is 2.14 bits per heavy atom. The number of carbonyl (C=O) groups is 2. The minimum atomic E-state index is -0.443. The van der Waals surface area contributed by atoms with Crippen molar-refractivity contribution in [2.24, 2.45) is 11.7 Å². The quantitative estimate of drug-likeness (QED) is 0.577. The van der Waals surface area contributed by atoms with Crippen LogP contribution in [0.1, 0.15) is 52.5 Å². The molecular weight excluding hydrogens is 370 g/mol. The van der Waals surface area contributed by atoms with Crippen LogP contribution < -0.4 is 11.1 Å². The number of para-hydroxylation sites is 1. The Morgan fingerprint density at radius 1 is 1.32 bits per heavy atom. The standard InChI is InChI=1S/C22H25N3O2S/c1-13-9-10-16-18(11-13)28-22(20(16)21(23)27)25-19(26)8-4-5-14-12-24-17-7-3-2-6-15(14)17/h2-3,6-7,12-13,24H,4-5,8-11H2,1H3,(H2,23,27)(H,25,26)/t13-/m0/s1. The predicted octanol–water partition coefficient (Wildman–Crippen LogP) is 4.41. The number of H-pyrrole nitrogens is 1. The fourth-order valence-corrected chi connectivity index (χ4v) is 5.50. The van der Waals surface area contributed by atoms with E-state index in [0.717, 1.165) is 43.2 Å². The number of aromatic nitrogens is 1. The lowest BCUT2D eigenvalue weighted by atomic mass is 9.88. The summed E-state index contributed by atoms with van der Waals surface area (Å²) in [7, 11) is 0. The average Bonchev–Trinajstić information content (AvgIpc) is 3.22. The highest BCUT2D eigenvalue weighted by Gasteiger charge is 2.27. The van der Waals surface area contributed by atoms with E-state index < -0.39 is 5.91 Å². The van der Waals surface area contributed by atoms with Gasteiger partial charge in [0.1, 0.15) is 5.00 Å². The van der Waals surface area contributed by atoms with Gasteiger partial charge < -0.3 is 16.0 Å². The number of nitrogens with two attached hydrogens (primary N) is 1. The number of nitrogens with one attached hydrogen (secondary N) is 2. The predicted molar refractivity (Wildman–Crippen MR) is 114 cm³/mol. The van der Waals surface area contributed by atoms with E-state index >= 15 is 0 Å². The van der Waals surface area contributed by atoms with Gasteiger partial charge in [0.05, 0.1) is 5.56 Å². The zero-order valence-electron chi connectivity index (χ0n) is 16.0. The van der Waals surface area contributed by atoms with E-state index in [9.17, 15) is 9.59 Å². The number of thiophene rings is 1. The van der Waals surface area contributed by atoms with Crippen molar-refractivity contribution in [3.63, 3.8) is 0 Å². The van der Waals surface area contributed by atoms with E-state index in [-0.39, 0.29) is 5.91 Å². The lowest BCUT2D eigenvalue weighted by Crippen LogP contribution is -2.19. The molecule has 0 unspecified atom stereocenters. The van der Waals surface area contributed by atoms with Crippen molar-refractivity contribution < 1.29 is 9.59 Å². The first-order chi connectivity index (χ1) is 13.5. The molecule has 0 radical (unpaired) electrons. The van der Waals surface area contributed by atoms with Gasteiger partial charge in [-0.15, -0.1) is 11.3 Å². The lowest BCUT2D eigenvalue weighted by molar-refractivity contribution is -0.116. The molecule has 28 heavy (non-hydrogen) atoms. The van der Waals surface area contributed by atoms with Crippen LogP contribution in [-0.4, -0.2) is 16.8 Å². The number of aryl methyl sites for hydroxylation is 1. The van der Waals surface area contributed by atoms with Gasteiger partial charge in [-0.3, -0.25) is 9.59 Å². The Balaban J connectivity index is 1.40. The van der Waals surface area contributed by atoms with Gasteiger partial charge in [-0.1, -0.05) is 25.1 Å². The molecule has 4 rings (SSSR count). The third kappa shape index (κ3) is 3.69. The number of aromatic amines is 1. The SMILES string of the molecule is C[C@H]1CCc2c(sc(NC(=O)CCCc3c[nH]c4ccccc34)c2C(N)=O)C1. The fraction of sp³-hybridized carbons (Fsp3) is 0.364. The van der Waals surface area contributed by atoms with Crippen LogP contribution in [0.15, 0.2) is 30.5 Å². The molecule has 1 aromatic carbocycles. The Labute approximate surface area is 168 Å². The molecule has 0 saturated carbocycles. The van der Waals surface area contributed by atoms with Crippen LogP contribution in [0.5, 0.6) is 0 Å². The summed E-state index contributed by atoms with van der Waals surface area (Å²) in [6.45, 7) is 2.22. The first-order valence-corrected chi connectivity index (χ1v) is 10.6. The normalized spacial score (nSPS) is 16.1. The maximum absolute atomic E-state index is 12.5. The van der Waals surface area contributed by atoms with E-state index in [1.165, 1.54) is 27.2 Å². The van der Waals surface area contributed by atoms with Crippen LogP contribution in [0.25, 0.3) is 10.9 Å². The van der Waals surface area contributed by atoms with Crippen molar-refractivity contribution in [3.8, 4) is 0 Å². The van der Waals surface area contributed by atoms with Gasteiger partial charge in [-0.2, -0.15) is 0 Å². The molecule has 3 aromatic rings. The number of primary amides is 1. The molecule has 6 heteroatoms. The average molecular weight is 396 g/mol. The summed E-state index contributed by atoms with van der Waals surface area (Å²) < 4.78 is 0. The first-order valence-electron chi connectivity index (χ1n) is 9.82. The summed E-state index contributed by atoms with van der Waals surface area (Å²) in [5.41, 5.74) is 9.54. The van der Waals surface area contributed by atoms with Crippen molar-refractivity contribution in [1.29, 1.82) is 0 Å². The highest BCUT2D eigenvalue weighted by atomic mass is 32.1. The fourth-order valence-electron chi connectivity index (χ4n) is 4.07. The molecule has 0 spiro atoms. The molecule has 0 bridgehead atoms. The van der Waals surface area contributed by atoms with Crippen LogP contribution in [0, 0.1) is 5.92 Å². The van der Waals surface area contributed by atoms with Crippen molar-refractivity contribution in [1.82, 2.24) is 4.98 Å². The molecule has 5 nitrogen and oxygen atoms in total. The zero-order valence-corrected chi connectivity index (χ0v) is 16.8. The molecule has 146 valence electrons. The van der Waals surface area contributed by atoms with E-state index in [4.69, 9.17) is 5.73 Å². The minimum absolute atomic E-state index is 0.0611. The van der Waals surface area contributed by atoms with Gasteiger partial charge >= 0.3 is 0 Å². The summed E-state index contributed by atoms with van der Waals surface area (Å²) in [5, 5.41) is 4.79. The van der Waals surface area contributed by atoms with E-state index in [1.54, 1.807) is 0 Å². The molecule has 2 amide bonds. The number of fused-ring (bicyclic) bond motifs is 2. The Bertz CT molecular complexity index is 1030. The summed E-state index contributed by atoms with van der Waals surface area (Å²) >= 11 is 1.52. The smallest absolute Gasteiger partial charge is 0.251 e. The van der Waals surface area contributed by atoms with Crippen molar-refractivity contribution in [3.05, 3.63) is 52.0 Å². The summed E-state index contributed by atoms with van der Waals surface area (Å²) in [6.07, 6.45) is 6.89. The summed E-state index contributed by atoms with van der Waals surface area (Å²) in [4.78, 5) is 28.9. The number of anilines is 1. The molecule has 1 atom stereocenters. The number of carbonyl (C=O) groups excluding carboxylic acids is 2. The Hall–Kier alpha value is -2.60. The number of hydrogen-bond donors (Lipinski definition) is 3. The maximum Gasteiger partial charge on any atom is 0.251 e. The van der Waals surface area contributed by atoms with Crippen LogP contribution in [0.2, 0.25) is 0 Å². The second-order valence-corrected chi connectivity index (χ2v) is 8.79. The number of benzene rings is 1. The first kappa shape index (κ1) is 18.7. The molecule has 0 fully saturated rings. The Kier molecular flexibility index (Phi) is 5.22. The van der Waals surface area contributed by atoms with Crippen LogP contribution >= 0.6 is 11.3 Å². The van der Waals surface area contributed by atoms with Crippen molar-refractivity contribution >= 4 is 39.1 Å². The monoisotopic (exact) mass is 395 g/mol. The third-order valence-electron chi connectivity index (χ3n) is 5.54. The van der Waals surface area contributed by atoms with Gasteiger partial charge in [-0.25, -0.2) is 0 Å². The minimum Gasteiger partial charge on any atom is -0.365 e. The van der Waals surface area contributed by atoms with E-state index in [2.05, 4.69) is 29.4 Å². The van der Waals surface area contributed by atoms with Crippen molar-refractivity contribution in [2.45, 2.75) is 45.4 Å².